The van der Waals surface area contributed by atoms with E-state index in [-0.39, 0.29) is 5.41 Å². The molecule has 88 valence electrons. The van der Waals surface area contributed by atoms with Gasteiger partial charge in [-0.25, -0.2) is 0 Å². The first-order chi connectivity index (χ1) is 7.08. The van der Waals surface area contributed by atoms with Crippen molar-refractivity contribution in [2.45, 2.75) is 65.7 Å². The van der Waals surface area contributed by atoms with Gasteiger partial charge in [-0.15, -0.1) is 0 Å². The van der Waals surface area contributed by atoms with Crippen molar-refractivity contribution in [1.82, 2.24) is 0 Å². The maximum Gasteiger partial charge on any atom is 0.310 e. The van der Waals surface area contributed by atoms with Gasteiger partial charge in [-0.2, -0.15) is 0 Å². The highest BCUT2D eigenvalue weighted by Crippen LogP contribution is 2.56. The summed E-state index contributed by atoms with van der Waals surface area (Å²) in [6.45, 7) is 6.35. The molecular weight excluding hydrogens is 188 g/mol. The number of hydrogen-bond acceptors (Lipinski definition) is 1. The van der Waals surface area contributed by atoms with E-state index in [1.807, 2.05) is 6.92 Å². The minimum atomic E-state index is -0.562. The molecule has 0 heterocycles. The van der Waals surface area contributed by atoms with E-state index in [0.717, 1.165) is 38.5 Å². The number of carbonyl (C=O) groups is 1. The molecule has 1 fully saturated rings. The zero-order valence-corrected chi connectivity index (χ0v) is 10.3. The summed E-state index contributed by atoms with van der Waals surface area (Å²) in [4.78, 5) is 11.6. The van der Waals surface area contributed by atoms with Gasteiger partial charge < -0.3 is 5.11 Å². The third-order valence-electron chi connectivity index (χ3n) is 4.89. The van der Waals surface area contributed by atoms with Crippen molar-refractivity contribution in [3.63, 3.8) is 0 Å². The summed E-state index contributed by atoms with van der Waals surface area (Å²) in [5.41, 5.74) is -0.402. The molecule has 2 nitrogen and oxygen atoms in total. The molecule has 1 aliphatic carbocycles. The monoisotopic (exact) mass is 212 g/mol. The van der Waals surface area contributed by atoms with E-state index in [0.29, 0.717) is 0 Å². The summed E-state index contributed by atoms with van der Waals surface area (Å²) in [6, 6.07) is 0. The fraction of sp³-hybridized carbons (Fsp3) is 0.923. The van der Waals surface area contributed by atoms with Crippen LogP contribution in [0, 0.1) is 10.8 Å². The van der Waals surface area contributed by atoms with Crippen LogP contribution in [0.3, 0.4) is 0 Å². The number of rotatable bonds is 4. The largest absolute Gasteiger partial charge is 0.481 e. The fourth-order valence-corrected chi connectivity index (χ4v) is 3.71. The predicted molar refractivity (Wildman–Crippen MR) is 61.8 cm³/mol. The van der Waals surface area contributed by atoms with E-state index in [9.17, 15) is 9.90 Å². The van der Waals surface area contributed by atoms with Crippen molar-refractivity contribution in [1.29, 1.82) is 0 Å². The highest BCUT2D eigenvalue weighted by molar-refractivity contribution is 5.76. The number of hydrogen-bond donors (Lipinski definition) is 1. The molecule has 1 saturated carbocycles. The Labute approximate surface area is 93.1 Å². The second kappa shape index (κ2) is 4.54. The second-order valence-corrected chi connectivity index (χ2v) is 4.94. The predicted octanol–water partition coefficient (Wildman–Crippen LogP) is 3.85. The molecule has 0 aromatic carbocycles. The second-order valence-electron chi connectivity index (χ2n) is 4.94. The van der Waals surface area contributed by atoms with Crippen LogP contribution in [0.4, 0.5) is 0 Å². The highest BCUT2D eigenvalue weighted by atomic mass is 16.4. The Morgan fingerprint density at radius 2 is 1.60 bits per heavy atom. The van der Waals surface area contributed by atoms with Crippen molar-refractivity contribution in [2.75, 3.05) is 0 Å². The van der Waals surface area contributed by atoms with Gasteiger partial charge in [0, 0.05) is 0 Å². The Bertz CT molecular complexity index is 231. The summed E-state index contributed by atoms with van der Waals surface area (Å²) in [6.07, 6.45) is 7.05. The molecule has 0 saturated heterocycles. The summed E-state index contributed by atoms with van der Waals surface area (Å²) < 4.78 is 0. The first-order valence-electron chi connectivity index (χ1n) is 6.32. The Kier molecular flexibility index (Phi) is 3.80. The first-order valence-corrected chi connectivity index (χ1v) is 6.32. The SMILES string of the molecule is CCC1(CC)CCCCC1(CC)C(=O)O. The average Bonchev–Trinajstić information content (AvgIpc) is 2.28. The number of aliphatic carboxylic acids is 1. The molecule has 1 unspecified atom stereocenters. The average molecular weight is 212 g/mol. The van der Waals surface area contributed by atoms with Crippen molar-refractivity contribution in [3.05, 3.63) is 0 Å². The highest BCUT2D eigenvalue weighted by Gasteiger charge is 2.54. The topological polar surface area (TPSA) is 37.3 Å². The van der Waals surface area contributed by atoms with Gasteiger partial charge in [0.25, 0.3) is 0 Å². The van der Waals surface area contributed by atoms with Gasteiger partial charge in [-0.3, -0.25) is 4.79 Å². The molecule has 1 rings (SSSR count). The van der Waals surface area contributed by atoms with Gasteiger partial charge in [0.2, 0.25) is 0 Å². The molecule has 15 heavy (non-hydrogen) atoms. The molecule has 0 bridgehead atoms. The quantitative estimate of drug-likeness (QED) is 0.768. The van der Waals surface area contributed by atoms with E-state index in [1.165, 1.54) is 6.42 Å². The normalized spacial score (nSPS) is 30.1. The third kappa shape index (κ3) is 1.68. The van der Waals surface area contributed by atoms with Crippen LogP contribution >= 0.6 is 0 Å². The van der Waals surface area contributed by atoms with E-state index < -0.39 is 11.4 Å². The molecule has 0 radical (unpaired) electrons. The minimum Gasteiger partial charge on any atom is -0.481 e. The van der Waals surface area contributed by atoms with E-state index in [1.54, 1.807) is 0 Å². The summed E-state index contributed by atoms with van der Waals surface area (Å²) in [5, 5.41) is 9.59. The van der Waals surface area contributed by atoms with E-state index in [2.05, 4.69) is 13.8 Å². The van der Waals surface area contributed by atoms with Crippen molar-refractivity contribution < 1.29 is 9.90 Å². The van der Waals surface area contributed by atoms with Gasteiger partial charge in [-0.1, -0.05) is 33.6 Å². The van der Waals surface area contributed by atoms with Gasteiger partial charge in [0.15, 0.2) is 0 Å². The van der Waals surface area contributed by atoms with Crippen LogP contribution in [0.2, 0.25) is 0 Å². The molecule has 0 aromatic rings. The minimum absolute atomic E-state index is 0.0475. The Hall–Kier alpha value is -0.530. The fourth-order valence-electron chi connectivity index (χ4n) is 3.71. The molecule has 1 aliphatic rings. The standard InChI is InChI=1S/C13H24O2/c1-4-12(5-2)9-7-8-10-13(12,6-3)11(14)15/h4-10H2,1-3H3,(H,14,15). The maximum absolute atomic E-state index is 11.6. The van der Waals surface area contributed by atoms with Crippen LogP contribution in [0.5, 0.6) is 0 Å². The van der Waals surface area contributed by atoms with Crippen LogP contribution in [0.1, 0.15) is 65.7 Å². The van der Waals surface area contributed by atoms with Gasteiger partial charge >= 0.3 is 5.97 Å². The summed E-state index contributed by atoms with van der Waals surface area (Å²) in [5.74, 6) is -0.562. The maximum atomic E-state index is 11.6. The molecule has 1 atom stereocenters. The lowest BCUT2D eigenvalue weighted by Crippen LogP contribution is -2.49. The van der Waals surface area contributed by atoms with Gasteiger partial charge in [-0.05, 0) is 37.5 Å². The number of carboxylic acid groups (broad SMARTS) is 1. The molecule has 2 heteroatoms. The smallest absolute Gasteiger partial charge is 0.310 e. The zero-order chi connectivity index (χ0) is 11.5. The van der Waals surface area contributed by atoms with Crippen LogP contribution in [0.25, 0.3) is 0 Å². The molecular formula is C13H24O2. The van der Waals surface area contributed by atoms with E-state index >= 15 is 0 Å². The first kappa shape index (κ1) is 12.5. The molecule has 0 amide bonds. The van der Waals surface area contributed by atoms with Crippen molar-refractivity contribution in [3.8, 4) is 0 Å². The lowest BCUT2D eigenvalue weighted by Gasteiger charge is -2.50. The van der Waals surface area contributed by atoms with Crippen LogP contribution in [0.15, 0.2) is 0 Å². The number of carboxylic acids is 1. The Morgan fingerprint density at radius 1 is 1.07 bits per heavy atom. The molecule has 1 N–H and O–H groups in total. The Balaban J connectivity index is 3.13. The molecule has 0 spiro atoms. The van der Waals surface area contributed by atoms with Crippen molar-refractivity contribution >= 4 is 5.97 Å². The molecule has 0 aromatic heterocycles. The van der Waals surface area contributed by atoms with Gasteiger partial charge in [0.05, 0.1) is 5.41 Å². The van der Waals surface area contributed by atoms with Crippen LogP contribution in [-0.2, 0) is 4.79 Å². The van der Waals surface area contributed by atoms with Crippen LogP contribution in [-0.4, -0.2) is 11.1 Å². The summed E-state index contributed by atoms with van der Waals surface area (Å²) >= 11 is 0. The Morgan fingerprint density at radius 3 is 1.93 bits per heavy atom. The van der Waals surface area contributed by atoms with E-state index in [4.69, 9.17) is 0 Å². The lowest BCUT2D eigenvalue weighted by atomic mass is 9.52. The van der Waals surface area contributed by atoms with Crippen molar-refractivity contribution in [2.24, 2.45) is 10.8 Å². The summed E-state index contributed by atoms with van der Waals surface area (Å²) in [7, 11) is 0. The zero-order valence-electron chi connectivity index (χ0n) is 10.3. The van der Waals surface area contributed by atoms with Gasteiger partial charge in [0.1, 0.15) is 0 Å². The third-order valence-corrected chi connectivity index (χ3v) is 4.89. The van der Waals surface area contributed by atoms with Crippen LogP contribution < -0.4 is 0 Å². The lowest BCUT2D eigenvalue weighted by molar-refractivity contribution is -0.165. The molecule has 0 aliphatic heterocycles.